The number of carbonyl (C=O) groups excluding carboxylic acids is 4. The zero-order valence-electron chi connectivity index (χ0n) is 28.0. The van der Waals surface area contributed by atoms with E-state index >= 15 is 0 Å². The Morgan fingerprint density at radius 3 is 2.32 bits per heavy atom. The highest BCUT2D eigenvalue weighted by molar-refractivity contribution is 5.98. The van der Waals surface area contributed by atoms with Crippen LogP contribution in [0.25, 0.3) is 0 Å². The first-order chi connectivity index (χ1) is 22.2. The monoisotopic (exact) mass is 646 g/mol. The van der Waals surface area contributed by atoms with Crippen LogP contribution in [0.5, 0.6) is 0 Å². The van der Waals surface area contributed by atoms with Crippen LogP contribution in [-0.2, 0) is 30.5 Å². The lowest BCUT2D eigenvalue weighted by atomic mass is 10.0. The lowest BCUT2D eigenvalue weighted by molar-refractivity contribution is -0.132. The van der Waals surface area contributed by atoms with E-state index in [9.17, 15) is 19.2 Å². The highest BCUT2D eigenvalue weighted by atomic mass is 16.6. The number of amides is 4. The van der Waals surface area contributed by atoms with E-state index in [4.69, 9.17) is 9.47 Å². The second-order valence-electron chi connectivity index (χ2n) is 13.3. The van der Waals surface area contributed by atoms with Gasteiger partial charge in [-0.15, -0.1) is 0 Å². The van der Waals surface area contributed by atoms with Crippen LogP contribution >= 0.6 is 0 Å². The lowest BCUT2D eigenvalue weighted by Crippen LogP contribution is -2.59. The zero-order valence-corrected chi connectivity index (χ0v) is 28.0. The standard InChI is InChI=1S/C35H46N6O6/c1-24-13-12-16-26(19-24)29(31(43)40-17-10-11-18-40)41-20-28(36-23-41)38-30(42)27(22-46-21-25-14-8-7-9-15-25)37-32(44)35(5,6)39-33(45)47-34(2,3)4/h7-9,12-16,19-20,23,27,29H,10-11,17-18,21-22H2,1-6H3,(H,37,44)(H,38,42)(H,39,45)/t27-,29?/m1/s1. The van der Waals surface area contributed by atoms with Crippen molar-refractivity contribution in [3.63, 3.8) is 0 Å². The van der Waals surface area contributed by atoms with E-state index in [0.29, 0.717) is 13.1 Å². The first-order valence-corrected chi connectivity index (χ1v) is 15.9. The van der Waals surface area contributed by atoms with E-state index in [-0.39, 0.29) is 24.9 Å². The Morgan fingerprint density at radius 2 is 1.66 bits per heavy atom. The lowest BCUT2D eigenvalue weighted by Gasteiger charge is -2.29. The molecule has 1 aliphatic heterocycles. The fourth-order valence-electron chi connectivity index (χ4n) is 5.15. The summed E-state index contributed by atoms with van der Waals surface area (Å²) in [6.45, 7) is 11.6. The van der Waals surface area contributed by atoms with Crippen molar-refractivity contribution in [3.05, 3.63) is 83.8 Å². The second-order valence-corrected chi connectivity index (χ2v) is 13.3. The van der Waals surface area contributed by atoms with Crippen molar-refractivity contribution < 1.29 is 28.7 Å². The predicted octanol–water partition coefficient (Wildman–Crippen LogP) is 4.35. The molecule has 252 valence electrons. The van der Waals surface area contributed by atoms with Crippen molar-refractivity contribution in [1.29, 1.82) is 0 Å². The summed E-state index contributed by atoms with van der Waals surface area (Å²) in [5.74, 6) is -1.03. The van der Waals surface area contributed by atoms with Gasteiger partial charge in [0.15, 0.2) is 5.82 Å². The molecule has 2 aromatic carbocycles. The van der Waals surface area contributed by atoms with Crippen molar-refractivity contribution in [2.45, 2.75) is 84.2 Å². The first kappa shape index (κ1) is 35.1. The quantitative estimate of drug-likeness (QED) is 0.266. The Hall–Kier alpha value is -4.71. The topological polar surface area (TPSA) is 144 Å². The van der Waals surface area contributed by atoms with E-state index in [2.05, 4.69) is 20.9 Å². The number of nitrogens with zero attached hydrogens (tertiary/aromatic N) is 3. The maximum absolute atomic E-state index is 13.7. The first-order valence-electron chi connectivity index (χ1n) is 15.9. The summed E-state index contributed by atoms with van der Waals surface area (Å²) >= 11 is 0. The molecule has 1 unspecified atom stereocenters. The number of imidazole rings is 1. The van der Waals surface area contributed by atoms with Gasteiger partial charge in [0.25, 0.3) is 5.91 Å². The van der Waals surface area contributed by atoms with Crippen LogP contribution in [0.2, 0.25) is 0 Å². The number of hydrogen-bond donors (Lipinski definition) is 3. The number of ether oxygens (including phenoxy) is 2. The van der Waals surface area contributed by atoms with Crippen LogP contribution in [-0.4, -0.2) is 75.1 Å². The van der Waals surface area contributed by atoms with Crippen molar-refractivity contribution >= 4 is 29.6 Å². The summed E-state index contributed by atoms with van der Waals surface area (Å²) in [5.41, 5.74) is 0.558. The van der Waals surface area contributed by atoms with Crippen LogP contribution in [0.15, 0.2) is 67.1 Å². The third kappa shape index (κ3) is 10.1. The van der Waals surface area contributed by atoms with E-state index < -0.39 is 41.1 Å². The van der Waals surface area contributed by atoms with Crippen molar-refractivity contribution in [2.75, 3.05) is 25.0 Å². The van der Waals surface area contributed by atoms with Gasteiger partial charge in [0.05, 0.1) is 19.5 Å². The molecule has 4 rings (SSSR count). The molecule has 1 aromatic heterocycles. The minimum absolute atomic E-state index is 0.0393. The van der Waals surface area contributed by atoms with E-state index in [1.807, 2.05) is 66.4 Å². The van der Waals surface area contributed by atoms with Gasteiger partial charge in [-0.3, -0.25) is 14.4 Å². The Bertz CT molecular complexity index is 1540. The zero-order chi connectivity index (χ0) is 34.2. The van der Waals surface area contributed by atoms with Gasteiger partial charge in [-0.25, -0.2) is 9.78 Å². The summed E-state index contributed by atoms with van der Waals surface area (Å²) in [5, 5.41) is 8.03. The molecule has 0 radical (unpaired) electrons. The number of nitrogens with one attached hydrogen (secondary N) is 3. The number of benzene rings is 2. The Balaban J connectivity index is 1.51. The molecule has 0 bridgehead atoms. The average molecular weight is 647 g/mol. The molecule has 1 fully saturated rings. The van der Waals surface area contributed by atoms with Crippen LogP contribution in [0.4, 0.5) is 10.6 Å². The number of rotatable bonds is 12. The SMILES string of the molecule is Cc1cccc(C(C(=O)N2CCCC2)n2cnc(NC(=O)[C@@H](COCc3ccccc3)NC(=O)C(C)(C)NC(=O)OC(C)(C)C)c2)c1. The van der Waals surface area contributed by atoms with Gasteiger partial charge in [-0.1, -0.05) is 60.2 Å². The third-order valence-electron chi connectivity index (χ3n) is 7.56. The molecule has 0 spiro atoms. The molecule has 0 saturated carbocycles. The molecule has 3 N–H and O–H groups in total. The normalized spacial score (nSPS) is 14.6. The van der Waals surface area contributed by atoms with E-state index in [1.165, 1.54) is 20.2 Å². The number of anilines is 1. The van der Waals surface area contributed by atoms with Crippen molar-refractivity contribution in [1.82, 2.24) is 25.1 Å². The molecule has 1 saturated heterocycles. The molecule has 12 nitrogen and oxygen atoms in total. The van der Waals surface area contributed by atoms with Crippen LogP contribution in [0.1, 0.15) is 70.2 Å². The van der Waals surface area contributed by atoms with Gasteiger partial charge in [-0.05, 0) is 65.5 Å². The van der Waals surface area contributed by atoms with Gasteiger partial charge < -0.3 is 34.9 Å². The third-order valence-corrected chi connectivity index (χ3v) is 7.56. The minimum atomic E-state index is -1.42. The van der Waals surface area contributed by atoms with Crippen molar-refractivity contribution in [3.8, 4) is 0 Å². The highest BCUT2D eigenvalue weighted by Crippen LogP contribution is 2.25. The summed E-state index contributed by atoms with van der Waals surface area (Å²) in [6, 6.07) is 15.4. The molecular formula is C35H46N6O6. The molecule has 2 heterocycles. The number of aromatic nitrogens is 2. The Morgan fingerprint density at radius 1 is 0.957 bits per heavy atom. The van der Waals surface area contributed by atoms with E-state index in [1.54, 1.807) is 31.5 Å². The highest BCUT2D eigenvalue weighted by Gasteiger charge is 2.35. The van der Waals surface area contributed by atoms with Crippen LogP contribution in [0.3, 0.4) is 0 Å². The van der Waals surface area contributed by atoms with E-state index in [0.717, 1.165) is 29.5 Å². The summed E-state index contributed by atoms with van der Waals surface area (Å²) in [6.07, 6.45) is 4.28. The number of aryl methyl sites for hydroxylation is 1. The average Bonchev–Trinajstić information content (AvgIpc) is 3.69. The molecule has 0 aliphatic carbocycles. The number of likely N-dealkylation sites (tertiary alicyclic amines) is 1. The molecule has 12 heteroatoms. The van der Waals surface area contributed by atoms with Crippen LogP contribution in [0, 0.1) is 6.92 Å². The molecule has 47 heavy (non-hydrogen) atoms. The van der Waals surface area contributed by atoms with Gasteiger partial charge in [-0.2, -0.15) is 0 Å². The smallest absolute Gasteiger partial charge is 0.408 e. The second kappa shape index (κ2) is 15.3. The number of alkyl carbamates (subject to hydrolysis) is 1. The Kier molecular flexibility index (Phi) is 11.4. The predicted molar refractivity (Wildman–Crippen MR) is 177 cm³/mol. The molecule has 4 amide bonds. The molecule has 3 aromatic rings. The maximum Gasteiger partial charge on any atom is 0.408 e. The molecular weight excluding hydrogens is 600 g/mol. The summed E-state index contributed by atoms with van der Waals surface area (Å²) in [7, 11) is 0. The summed E-state index contributed by atoms with van der Waals surface area (Å²) < 4.78 is 12.8. The van der Waals surface area contributed by atoms with Crippen molar-refractivity contribution in [2.24, 2.45) is 0 Å². The van der Waals surface area contributed by atoms with Gasteiger partial charge >= 0.3 is 6.09 Å². The fourth-order valence-corrected chi connectivity index (χ4v) is 5.15. The van der Waals surface area contributed by atoms with Gasteiger partial charge in [0, 0.05) is 19.3 Å². The maximum atomic E-state index is 13.7. The van der Waals surface area contributed by atoms with Crippen LogP contribution < -0.4 is 16.0 Å². The largest absolute Gasteiger partial charge is 0.444 e. The fraction of sp³-hybridized carbons (Fsp3) is 0.457. The van der Waals surface area contributed by atoms with Gasteiger partial charge in [0.1, 0.15) is 23.2 Å². The van der Waals surface area contributed by atoms with Gasteiger partial charge in [0.2, 0.25) is 11.8 Å². The summed E-state index contributed by atoms with van der Waals surface area (Å²) in [4.78, 5) is 59.3. The number of hydrogen-bond acceptors (Lipinski definition) is 7. The Labute approximate surface area is 276 Å². The number of carbonyl (C=O) groups is 4. The molecule has 2 atom stereocenters. The molecule has 1 aliphatic rings. The minimum Gasteiger partial charge on any atom is -0.444 e.